The topological polar surface area (TPSA) is 64.0 Å². The molecule has 4 rings (SSSR count). The van der Waals surface area contributed by atoms with E-state index < -0.39 is 0 Å². The second-order valence-corrected chi connectivity index (χ2v) is 8.57. The predicted octanol–water partition coefficient (Wildman–Crippen LogP) is 2.86. The second-order valence-electron chi connectivity index (χ2n) is 7.92. The lowest BCUT2D eigenvalue weighted by molar-refractivity contribution is -0.00402. The Balaban J connectivity index is 1.28. The van der Waals surface area contributed by atoms with E-state index in [2.05, 4.69) is 27.5 Å². The molecule has 2 N–H and O–H groups in total. The third-order valence-electron chi connectivity index (χ3n) is 6.17. The molecule has 2 unspecified atom stereocenters. The van der Waals surface area contributed by atoms with Gasteiger partial charge in [-0.15, -0.1) is 0 Å². The lowest BCUT2D eigenvalue weighted by Gasteiger charge is -2.34. The summed E-state index contributed by atoms with van der Waals surface area (Å²) in [7, 11) is 1.97. The van der Waals surface area contributed by atoms with Gasteiger partial charge in [-0.1, -0.05) is 11.9 Å². The van der Waals surface area contributed by atoms with E-state index in [9.17, 15) is 0 Å². The van der Waals surface area contributed by atoms with Gasteiger partial charge in [-0.3, -0.25) is 14.4 Å². The minimum Gasteiger partial charge on any atom is -0.378 e. The van der Waals surface area contributed by atoms with Gasteiger partial charge in [-0.2, -0.15) is 5.10 Å². The highest BCUT2D eigenvalue weighted by Gasteiger charge is 2.28. The Morgan fingerprint density at radius 1 is 1.26 bits per heavy atom. The molecule has 148 valence electrons. The van der Waals surface area contributed by atoms with Crippen molar-refractivity contribution in [1.29, 1.82) is 0 Å². The van der Waals surface area contributed by atoms with Gasteiger partial charge in [0, 0.05) is 42.6 Å². The van der Waals surface area contributed by atoms with E-state index in [-0.39, 0.29) is 0 Å². The normalized spacial score (nSPS) is 29.3. The van der Waals surface area contributed by atoms with Crippen molar-refractivity contribution < 1.29 is 4.74 Å². The summed E-state index contributed by atoms with van der Waals surface area (Å²) >= 11 is 1.73. The zero-order valence-corrected chi connectivity index (χ0v) is 17.2. The zero-order chi connectivity index (χ0) is 18.6. The summed E-state index contributed by atoms with van der Waals surface area (Å²) in [5.74, 6) is 1.12. The van der Waals surface area contributed by atoms with E-state index in [1.54, 1.807) is 11.9 Å². The van der Waals surface area contributed by atoms with E-state index in [0.717, 1.165) is 38.1 Å². The van der Waals surface area contributed by atoms with Crippen molar-refractivity contribution in [1.82, 2.24) is 24.8 Å². The maximum atomic E-state index is 6.33. The highest BCUT2D eigenvalue weighted by atomic mass is 32.2. The third-order valence-corrected chi connectivity index (χ3v) is 6.71. The fraction of sp³-hybridized carbons (Fsp3) is 0.700. The van der Waals surface area contributed by atoms with Crippen molar-refractivity contribution in [3.05, 3.63) is 24.2 Å². The van der Waals surface area contributed by atoms with Gasteiger partial charge in [0.25, 0.3) is 0 Å². The summed E-state index contributed by atoms with van der Waals surface area (Å²) in [6.45, 7) is 3.02. The summed E-state index contributed by atoms with van der Waals surface area (Å²) in [5.41, 5.74) is 2.32. The molecule has 3 heterocycles. The van der Waals surface area contributed by atoms with Crippen LogP contribution in [0.4, 0.5) is 0 Å². The molecule has 1 saturated heterocycles. The number of ether oxygens (including phenoxy) is 1. The van der Waals surface area contributed by atoms with Crippen LogP contribution in [-0.2, 0) is 11.8 Å². The largest absolute Gasteiger partial charge is 0.378 e. The number of nitrogens with one attached hydrogen (secondary N) is 2. The van der Waals surface area contributed by atoms with Crippen LogP contribution in [0, 0.1) is 5.92 Å². The van der Waals surface area contributed by atoms with Gasteiger partial charge in [0.15, 0.2) is 0 Å². The number of piperidine rings is 1. The zero-order valence-electron chi connectivity index (χ0n) is 16.4. The van der Waals surface area contributed by atoms with Crippen LogP contribution in [0.3, 0.4) is 0 Å². The second kappa shape index (κ2) is 8.90. The van der Waals surface area contributed by atoms with Crippen LogP contribution >= 0.6 is 11.9 Å². The van der Waals surface area contributed by atoms with Crippen LogP contribution in [0.25, 0.3) is 10.9 Å². The van der Waals surface area contributed by atoms with Crippen LogP contribution in [0.2, 0.25) is 0 Å². The first-order valence-corrected chi connectivity index (χ1v) is 11.4. The molecule has 1 aliphatic heterocycles. The average molecular weight is 390 g/mol. The lowest BCUT2D eigenvalue weighted by atomic mass is 9.84. The van der Waals surface area contributed by atoms with Gasteiger partial charge in [0.1, 0.15) is 0 Å². The van der Waals surface area contributed by atoms with Crippen molar-refractivity contribution in [2.75, 3.05) is 26.0 Å². The molecular weight excluding hydrogens is 358 g/mol. The van der Waals surface area contributed by atoms with Crippen LogP contribution in [0.5, 0.6) is 0 Å². The number of hydrogen-bond acceptors (Lipinski definition) is 6. The molecule has 2 aromatic rings. The van der Waals surface area contributed by atoms with Gasteiger partial charge in [-0.05, 0) is 51.0 Å². The Morgan fingerprint density at radius 3 is 2.93 bits per heavy atom. The van der Waals surface area contributed by atoms with Crippen molar-refractivity contribution in [3.63, 3.8) is 0 Å². The van der Waals surface area contributed by atoms with E-state index in [4.69, 9.17) is 9.72 Å². The van der Waals surface area contributed by atoms with Gasteiger partial charge < -0.3 is 10.1 Å². The molecule has 0 amide bonds. The summed E-state index contributed by atoms with van der Waals surface area (Å²) in [6.07, 6.45) is 12.2. The number of pyridine rings is 1. The Hall–Kier alpha value is -1.15. The summed E-state index contributed by atoms with van der Waals surface area (Å²) in [6, 6.07) is 2.79. The van der Waals surface area contributed by atoms with Gasteiger partial charge in [-0.25, -0.2) is 0 Å². The molecule has 2 atom stereocenters. The standard InChI is InChI=1S/C20H31N5OS/c1-25-20-12-22-19(9-15(20)11-23-25)14-3-5-17(6-4-14)26-13-16-10-21-8-7-18(16)24-27-2/h9,11-12,14,16-18,21,24H,3-8,10,13H2,1-2H3. The van der Waals surface area contributed by atoms with Crippen molar-refractivity contribution in [2.24, 2.45) is 13.0 Å². The van der Waals surface area contributed by atoms with Crippen LogP contribution in [0.15, 0.2) is 18.5 Å². The van der Waals surface area contributed by atoms with Crippen molar-refractivity contribution in [2.45, 2.75) is 50.2 Å². The Labute approximate surface area is 166 Å². The molecule has 2 aromatic heterocycles. The molecule has 1 aliphatic carbocycles. The molecule has 2 aliphatic rings. The average Bonchev–Trinajstić information content (AvgIpc) is 3.08. The fourth-order valence-corrected chi connectivity index (χ4v) is 5.09. The SMILES string of the molecule is CSNC1CCNCC1COC1CCC(c2cc3cnn(C)c3cn2)CC1. The summed E-state index contributed by atoms with van der Waals surface area (Å²) < 4.78 is 11.8. The predicted molar refractivity (Wildman–Crippen MR) is 111 cm³/mol. The third kappa shape index (κ3) is 4.47. The molecule has 0 bridgehead atoms. The number of fused-ring (bicyclic) bond motifs is 1. The molecule has 0 spiro atoms. The molecule has 6 nitrogen and oxygen atoms in total. The minimum atomic E-state index is 0.403. The molecule has 2 fully saturated rings. The Kier molecular flexibility index (Phi) is 6.32. The van der Waals surface area contributed by atoms with E-state index in [1.807, 2.05) is 24.1 Å². The highest BCUT2D eigenvalue weighted by Crippen LogP contribution is 2.34. The van der Waals surface area contributed by atoms with Gasteiger partial charge in [0.2, 0.25) is 0 Å². The molecule has 27 heavy (non-hydrogen) atoms. The van der Waals surface area contributed by atoms with E-state index in [0.29, 0.717) is 24.0 Å². The van der Waals surface area contributed by atoms with Crippen molar-refractivity contribution in [3.8, 4) is 0 Å². The number of hydrogen-bond donors (Lipinski definition) is 2. The Bertz CT molecular complexity index is 741. The number of nitrogens with zero attached hydrogens (tertiary/aromatic N) is 3. The fourth-order valence-electron chi connectivity index (χ4n) is 4.48. The van der Waals surface area contributed by atoms with E-state index in [1.165, 1.54) is 30.3 Å². The first kappa shape index (κ1) is 19.2. The Morgan fingerprint density at radius 2 is 2.11 bits per heavy atom. The minimum absolute atomic E-state index is 0.403. The van der Waals surface area contributed by atoms with E-state index >= 15 is 0 Å². The molecular formula is C20H31N5OS. The number of aryl methyl sites for hydroxylation is 1. The number of rotatable bonds is 6. The van der Waals surface area contributed by atoms with Gasteiger partial charge >= 0.3 is 0 Å². The maximum Gasteiger partial charge on any atom is 0.0862 e. The maximum absolute atomic E-state index is 6.33. The van der Waals surface area contributed by atoms with Gasteiger partial charge in [0.05, 0.1) is 30.6 Å². The lowest BCUT2D eigenvalue weighted by Crippen LogP contribution is -2.47. The molecule has 1 saturated carbocycles. The van der Waals surface area contributed by atoms with Crippen molar-refractivity contribution >= 4 is 22.9 Å². The first-order valence-electron chi connectivity index (χ1n) is 10.1. The molecule has 7 heteroatoms. The molecule has 0 radical (unpaired) electrons. The first-order chi connectivity index (χ1) is 13.2. The van der Waals surface area contributed by atoms with Crippen LogP contribution in [0.1, 0.15) is 43.7 Å². The number of aromatic nitrogens is 3. The smallest absolute Gasteiger partial charge is 0.0862 e. The summed E-state index contributed by atoms with van der Waals surface area (Å²) in [5, 5.41) is 9.03. The monoisotopic (exact) mass is 389 g/mol. The van der Waals surface area contributed by atoms with Crippen LogP contribution < -0.4 is 10.0 Å². The summed E-state index contributed by atoms with van der Waals surface area (Å²) in [4.78, 5) is 4.72. The molecule has 0 aromatic carbocycles. The quantitative estimate of drug-likeness (QED) is 0.741. The van der Waals surface area contributed by atoms with Crippen LogP contribution in [-0.4, -0.2) is 52.9 Å². The highest BCUT2D eigenvalue weighted by molar-refractivity contribution is 7.96.